The quantitative estimate of drug-likeness (QED) is 0.323. The molecule has 0 bridgehead atoms. The van der Waals surface area contributed by atoms with Gasteiger partial charge in [-0.3, -0.25) is 9.59 Å². The molecule has 0 fully saturated rings. The Morgan fingerprint density at radius 2 is 2.04 bits per heavy atom. The van der Waals surface area contributed by atoms with Crippen LogP contribution in [0.5, 0.6) is 0 Å². The summed E-state index contributed by atoms with van der Waals surface area (Å²) in [6, 6.07) is 0. The van der Waals surface area contributed by atoms with Gasteiger partial charge in [0.05, 0.1) is 11.7 Å². The Labute approximate surface area is 147 Å². The molecule has 0 spiro atoms. The summed E-state index contributed by atoms with van der Waals surface area (Å²) < 4.78 is 9.72. The van der Waals surface area contributed by atoms with Gasteiger partial charge in [-0.2, -0.15) is 0 Å². The van der Waals surface area contributed by atoms with Crippen LogP contribution in [-0.2, 0) is 23.9 Å². The van der Waals surface area contributed by atoms with Gasteiger partial charge in [0.25, 0.3) is 11.6 Å². The second kappa shape index (κ2) is 8.58. The van der Waals surface area contributed by atoms with Crippen molar-refractivity contribution in [2.45, 2.75) is 24.4 Å². The Hall–Kier alpha value is -2.47. The van der Waals surface area contributed by atoms with E-state index in [9.17, 15) is 24.3 Å². The Kier molecular flexibility index (Phi) is 7.06. The lowest BCUT2D eigenvalue weighted by Gasteiger charge is -2.40. The molecule has 0 saturated heterocycles. The van der Waals surface area contributed by atoms with Crippen LogP contribution in [0.1, 0.15) is 13.3 Å². The maximum atomic E-state index is 11.9. The largest absolute Gasteiger partial charge is 0.543 e. The van der Waals surface area contributed by atoms with E-state index in [0.29, 0.717) is 0 Å². The van der Waals surface area contributed by atoms with E-state index in [1.807, 2.05) is 0 Å². The van der Waals surface area contributed by atoms with Crippen molar-refractivity contribution >= 4 is 35.6 Å². The van der Waals surface area contributed by atoms with Gasteiger partial charge in [-0.05, 0) is 0 Å². The van der Waals surface area contributed by atoms with E-state index in [1.165, 1.54) is 0 Å². The van der Waals surface area contributed by atoms with Gasteiger partial charge in [0.1, 0.15) is 12.0 Å². The SMILES string of the molecule is CCC(=O)NC(OC)(C(N)=O)C1NC(C(=O)[O-])=C(COC(N)=O)CS1. The zero-order chi connectivity index (χ0) is 19.2. The summed E-state index contributed by atoms with van der Waals surface area (Å²) in [6.07, 6.45) is -1.02. The molecule has 140 valence electrons. The summed E-state index contributed by atoms with van der Waals surface area (Å²) in [4.78, 5) is 45.7. The number of nitrogens with one attached hydrogen (secondary N) is 2. The lowest BCUT2D eigenvalue weighted by Crippen LogP contribution is -2.69. The maximum absolute atomic E-state index is 11.9. The van der Waals surface area contributed by atoms with Crippen molar-refractivity contribution in [2.24, 2.45) is 11.5 Å². The number of rotatable bonds is 8. The molecule has 1 aliphatic heterocycles. The predicted molar refractivity (Wildman–Crippen MR) is 84.3 cm³/mol. The first-order valence-electron chi connectivity index (χ1n) is 7.07. The number of aliphatic carboxylic acids is 1. The van der Waals surface area contributed by atoms with E-state index < -0.39 is 40.7 Å². The van der Waals surface area contributed by atoms with Gasteiger partial charge in [-0.25, -0.2) is 4.79 Å². The van der Waals surface area contributed by atoms with Crippen LogP contribution in [0, 0.1) is 0 Å². The van der Waals surface area contributed by atoms with Crippen molar-refractivity contribution in [2.75, 3.05) is 19.5 Å². The smallest absolute Gasteiger partial charge is 0.404 e. The van der Waals surface area contributed by atoms with Gasteiger partial charge >= 0.3 is 6.09 Å². The fourth-order valence-corrected chi connectivity index (χ4v) is 3.34. The predicted octanol–water partition coefficient (Wildman–Crippen LogP) is -2.90. The van der Waals surface area contributed by atoms with Gasteiger partial charge in [-0.1, -0.05) is 6.92 Å². The van der Waals surface area contributed by atoms with E-state index in [0.717, 1.165) is 18.9 Å². The maximum Gasteiger partial charge on any atom is 0.404 e. The number of carbonyl (C=O) groups is 4. The van der Waals surface area contributed by atoms with E-state index in [-0.39, 0.29) is 24.4 Å². The number of hydrogen-bond acceptors (Lipinski definition) is 9. The van der Waals surface area contributed by atoms with Gasteiger partial charge in [-0.15, -0.1) is 11.8 Å². The molecule has 6 N–H and O–H groups in total. The molecule has 1 rings (SSSR count). The summed E-state index contributed by atoms with van der Waals surface area (Å²) in [5.41, 5.74) is 8.01. The molecule has 3 amide bonds. The highest BCUT2D eigenvalue weighted by atomic mass is 32.2. The normalized spacial score (nSPS) is 19.4. The van der Waals surface area contributed by atoms with Gasteiger partial charge in [0.15, 0.2) is 0 Å². The third kappa shape index (κ3) is 4.76. The Morgan fingerprint density at radius 3 is 2.48 bits per heavy atom. The zero-order valence-corrected chi connectivity index (χ0v) is 14.4. The molecule has 1 heterocycles. The third-order valence-corrected chi connectivity index (χ3v) is 4.65. The van der Waals surface area contributed by atoms with Crippen molar-refractivity contribution in [3.63, 3.8) is 0 Å². The lowest BCUT2D eigenvalue weighted by molar-refractivity contribution is -0.300. The Balaban J connectivity index is 3.16. The molecule has 25 heavy (non-hydrogen) atoms. The number of primary amides is 2. The highest BCUT2D eigenvalue weighted by Gasteiger charge is 2.48. The standard InChI is InChI=1S/C13H20N4O7S/c1-3-7(18)17-13(23-2,10(14)21)11-16-8(9(19)20)6(5-25-11)4-24-12(15)22/h11,16H,3-5H2,1-2H3,(H2,14,21)(H2,15,22)(H,17,18)(H,19,20)/p-1. The number of methoxy groups -OCH3 is 1. The molecule has 11 nitrogen and oxygen atoms in total. The minimum atomic E-state index is -1.99. The van der Waals surface area contributed by atoms with E-state index in [2.05, 4.69) is 15.4 Å². The van der Waals surface area contributed by atoms with E-state index in [4.69, 9.17) is 16.2 Å². The molecule has 12 heteroatoms. The fourth-order valence-electron chi connectivity index (χ4n) is 2.04. The number of ether oxygens (including phenoxy) is 2. The highest BCUT2D eigenvalue weighted by molar-refractivity contribution is 8.00. The van der Waals surface area contributed by atoms with Crippen molar-refractivity contribution in [3.8, 4) is 0 Å². The second-order valence-corrected chi connectivity index (χ2v) is 6.01. The lowest BCUT2D eigenvalue weighted by atomic mass is 10.1. The Morgan fingerprint density at radius 1 is 1.40 bits per heavy atom. The Bertz CT molecular complexity index is 609. The van der Waals surface area contributed by atoms with Gasteiger partial charge in [0.2, 0.25) is 5.91 Å². The molecule has 0 aromatic carbocycles. The number of amides is 3. The first kappa shape index (κ1) is 20.6. The summed E-state index contributed by atoms with van der Waals surface area (Å²) in [7, 11) is 1.15. The molecule has 2 atom stereocenters. The van der Waals surface area contributed by atoms with Gasteiger partial charge < -0.3 is 41.5 Å². The van der Waals surface area contributed by atoms with Crippen LogP contribution < -0.4 is 27.2 Å². The van der Waals surface area contributed by atoms with E-state index in [1.54, 1.807) is 6.92 Å². The highest BCUT2D eigenvalue weighted by Crippen LogP contribution is 2.30. The summed E-state index contributed by atoms with van der Waals surface area (Å²) in [5, 5.41) is 15.2. The molecule has 0 aliphatic carbocycles. The number of carboxylic acid groups (broad SMARTS) is 1. The van der Waals surface area contributed by atoms with Crippen LogP contribution in [0.2, 0.25) is 0 Å². The van der Waals surface area contributed by atoms with Crippen molar-refractivity contribution in [1.29, 1.82) is 0 Å². The van der Waals surface area contributed by atoms with Gasteiger partial charge in [0, 0.05) is 24.9 Å². The van der Waals surface area contributed by atoms with Crippen LogP contribution in [0.25, 0.3) is 0 Å². The fraction of sp³-hybridized carbons (Fsp3) is 0.538. The molecule has 0 aromatic rings. The summed E-state index contributed by atoms with van der Waals surface area (Å²) in [5.74, 6) is -3.10. The summed E-state index contributed by atoms with van der Waals surface area (Å²) >= 11 is 1.02. The van der Waals surface area contributed by atoms with Crippen LogP contribution in [-0.4, -0.2) is 54.4 Å². The number of thioether (sulfide) groups is 1. The average molecular weight is 375 g/mol. The third-order valence-electron chi connectivity index (χ3n) is 3.35. The summed E-state index contributed by atoms with van der Waals surface area (Å²) in [6.45, 7) is 1.19. The topological polar surface area (TPSA) is 186 Å². The number of nitrogens with two attached hydrogens (primary N) is 2. The molecule has 0 saturated carbocycles. The second-order valence-electron chi connectivity index (χ2n) is 4.91. The minimum absolute atomic E-state index is 0.0364. The van der Waals surface area contributed by atoms with Crippen LogP contribution in [0.3, 0.4) is 0 Å². The van der Waals surface area contributed by atoms with Crippen molar-refractivity contribution in [1.82, 2.24) is 10.6 Å². The number of carboxylic acids is 1. The first-order chi connectivity index (χ1) is 11.7. The molecular weight excluding hydrogens is 356 g/mol. The number of hydrogen-bond donors (Lipinski definition) is 4. The molecule has 0 radical (unpaired) electrons. The first-order valence-corrected chi connectivity index (χ1v) is 8.12. The number of carbonyl (C=O) groups excluding carboxylic acids is 4. The minimum Gasteiger partial charge on any atom is -0.543 e. The molecule has 0 aromatic heterocycles. The monoisotopic (exact) mass is 375 g/mol. The molecule has 2 unspecified atom stereocenters. The van der Waals surface area contributed by atoms with E-state index >= 15 is 0 Å². The average Bonchev–Trinajstić information content (AvgIpc) is 2.57. The molecule has 1 aliphatic rings. The van der Waals surface area contributed by atoms with Crippen molar-refractivity contribution < 1.29 is 33.8 Å². The zero-order valence-electron chi connectivity index (χ0n) is 13.6. The molecular formula is C13H19N4O7S-. The van der Waals surface area contributed by atoms with Crippen molar-refractivity contribution in [3.05, 3.63) is 11.3 Å². The van der Waals surface area contributed by atoms with Crippen LogP contribution in [0.15, 0.2) is 11.3 Å². The van der Waals surface area contributed by atoms with Crippen LogP contribution >= 0.6 is 11.8 Å². The van der Waals surface area contributed by atoms with Crippen LogP contribution in [0.4, 0.5) is 4.79 Å².